The van der Waals surface area contributed by atoms with Crippen LogP contribution >= 0.6 is 0 Å². The molecule has 0 aliphatic carbocycles. The number of carbonyl (C=O) groups excluding carboxylic acids is 1. The number of nitrogens with zero attached hydrogens (tertiary/aromatic N) is 2. The summed E-state index contributed by atoms with van der Waals surface area (Å²) in [6.45, 7) is 2.65. The lowest BCUT2D eigenvalue weighted by molar-refractivity contribution is 0.0744. The average Bonchev–Trinajstić information content (AvgIpc) is 2.83. The molecule has 1 aliphatic heterocycles. The van der Waals surface area contributed by atoms with Crippen molar-refractivity contribution in [2.24, 2.45) is 10.9 Å². The molecule has 0 aromatic heterocycles. The van der Waals surface area contributed by atoms with E-state index in [1.165, 1.54) is 0 Å². The fourth-order valence-corrected chi connectivity index (χ4v) is 4.00. The predicted octanol–water partition coefficient (Wildman–Crippen LogP) is 3.89. The molecule has 0 spiro atoms. The molecule has 0 bridgehead atoms. The zero-order valence-corrected chi connectivity index (χ0v) is 18.3. The number of nitrogens with two attached hydrogens (primary N) is 1. The van der Waals surface area contributed by atoms with Crippen LogP contribution < -0.4 is 10.5 Å². The van der Waals surface area contributed by atoms with E-state index in [0.29, 0.717) is 13.2 Å². The number of oxime groups is 1. The number of ketones is 1. The number of rotatable bonds is 11. The van der Waals surface area contributed by atoms with E-state index in [1.807, 2.05) is 54.6 Å². The predicted molar refractivity (Wildman–Crippen MR) is 124 cm³/mol. The maximum absolute atomic E-state index is 13.2. The molecule has 2 aromatic carbocycles. The summed E-state index contributed by atoms with van der Waals surface area (Å²) in [4.78, 5) is 20.9. The molecule has 166 valence electrons. The van der Waals surface area contributed by atoms with Gasteiger partial charge in [-0.2, -0.15) is 0 Å². The molecular weight excluding hydrogens is 390 g/mol. The molecule has 31 heavy (non-hydrogen) atoms. The Kier molecular flexibility index (Phi) is 9.06. The van der Waals surface area contributed by atoms with Crippen LogP contribution in [-0.4, -0.2) is 55.8 Å². The van der Waals surface area contributed by atoms with Gasteiger partial charge in [0.1, 0.15) is 12.4 Å². The van der Waals surface area contributed by atoms with Gasteiger partial charge in [0.05, 0.1) is 18.9 Å². The lowest BCUT2D eigenvalue weighted by Crippen LogP contribution is -2.45. The molecule has 1 heterocycles. The SMILES string of the molecule is COc1ccc(C(=O)C2CCCCN2CCC/C(=N/OCCN)c2ccccc2)cc1. The highest BCUT2D eigenvalue weighted by Gasteiger charge is 2.29. The molecule has 6 nitrogen and oxygen atoms in total. The van der Waals surface area contributed by atoms with Gasteiger partial charge in [0.2, 0.25) is 0 Å². The first kappa shape index (κ1) is 23.0. The van der Waals surface area contributed by atoms with Gasteiger partial charge in [0.25, 0.3) is 0 Å². The number of Topliss-reactive ketones (excluding diaryl/α,β-unsaturated/α-hetero) is 1. The summed E-state index contributed by atoms with van der Waals surface area (Å²) < 4.78 is 5.21. The number of benzene rings is 2. The van der Waals surface area contributed by atoms with Crippen molar-refractivity contribution in [1.29, 1.82) is 0 Å². The molecule has 2 aromatic rings. The number of piperidine rings is 1. The third-order valence-corrected chi connectivity index (χ3v) is 5.64. The van der Waals surface area contributed by atoms with E-state index in [9.17, 15) is 4.79 Å². The summed E-state index contributed by atoms with van der Waals surface area (Å²) in [5.41, 5.74) is 8.25. The molecule has 1 saturated heterocycles. The molecule has 2 N–H and O–H groups in total. The number of ether oxygens (including phenoxy) is 1. The summed E-state index contributed by atoms with van der Waals surface area (Å²) >= 11 is 0. The summed E-state index contributed by atoms with van der Waals surface area (Å²) in [7, 11) is 1.63. The van der Waals surface area contributed by atoms with Crippen LogP contribution in [-0.2, 0) is 4.84 Å². The second-order valence-corrected chi connectivity index (χ2v) is 7.77. The topological polar surface area (TPSA) is 77.1 Å². The van der Waals surface area contributed by atoms with Gasteiger partial charge in [-0.15, -0.1) is 0 Å². The van der Waals surface area contributed by atoms with Crippen LogP contribution in [0.25, 0.3) is 0 Å². The second kappa shape index (κ2) is 12.2. The molecule has 1 fully saturated rings. The highest BCUT2D eigenvalue weighted by molar-refractivity contribution is 6.01. The molecule has 6 heteroatoms. The third kappa shape index (κ3) is 6.64. The zero-order valence-electron chi connectivity index (χ0n) is 18.3. The minimum absolute atomic E-state index is 0.0623. The normalized spacial score (nSPS) is 17.4. The Hall–Kier alpha value is -2.70. The summed E-state index contributed by atoms with van der Waals surface area (Å²) in [6, 6.07) is 17.5. The van der Waals surface area contributed by atoms with Gasteiger partial charge < -0.3 is 15.3 Å². The molecule has 1 unspecified atom stereocenters. The van der Waals surface area contributed by atoms with Crippen molar-refractivity contribution in [3.63, 3.8) is 0 Å². The van der Waals surface area contributed by atoms with Gasteiger partial charge in [-0.3, -0.25) is 9.69 Å². The Balaban J connectivity index is 1.62. The highest BCUT2D eigenvalue weighted by Crippen LogP contribution is 2.23. The Morgan fingerprint density at radius 1 is 1.10 bits per heavy atom. The van der Waals surface area contributed by atoms with Gasteiger partial charge in [0.15, 0.2) is 5.78 Å². The second-order valence-electron chi connectivity index (χ2n) is 7.77. The number of likely N-dealkylation sites (tertiary alicyclic amines) is 1. The van der Waals surface area contributed by atoms with Crippen LogP contribution in [0.5, 0.6) is 5.75 Å². The fourth-order valence-electron chi connectivity index (χ4n) is 4.00. The molecule has 1 aliphatic rings. The standard InChI is InChI=1S/C25H33N3O3/c1-30-22-14-12-21(13-15-22)25(29)24-11-5-6-17-28(24)18-7-10-23(27-31-19-16-26)20-8-3-2-4-9-20/h2-4,8-9,12-15,24H,5-7,10-11,16-19,26H2,1H3/b27-23-. The maximum Gasteiger partial charge on any atom is 0.179 e. The van der Waals surface area contributed by atoms with Crippen LogP contribution in [0.2, 0.25) is 0 Å². The van der Waals surface area contributed by atoms with Gasteiger partial charge in [-0.05, 0) is 68.6 Å². The van der Waals surface area contributed by atoms with E-state index < -0.39 is 0 Å². The number of hydrogen-bond donors (Lipinski definition) is 1. The number of hydrogen-bond acceptors (Lipinski definition) is 6. The largest absolute Gasteiger partial charge is 0.497 e. The van der Waals surface area contributed by atoms with Crippen molar-refractivity contribution in [2.45, 2.75) is 38.1 Å². The van der Waals surface area contributed by atoms with Crippen molar-refractivity contribution < 1.29 is 14.4 Å². The van der Waals surface area contributed by atoms with E-state index in [-0.39, 0.29) is 11.8 Å². The first-order chi connectivity index (χ1) is 15.2. The molecule has 3 rings (SSSR count). The van der Waals surface area contributed by atoms with Crippen LogP contribution in [0, 0.1) is 0 Å². The lowest BCUT2D eigenvalue weighted by Gasteiger charge is -2.34. The van der Waals surface area contributed by atoms with E-state index in [2.05, 4.69) is 10.1 Å². The van der Waals surface area contributed by atoms with Crippen LogP contribution in [0.3, 0.4) is 0 Å². The van der Waals surface area contributed by atoms with Crippen LogP contribution in [0.4, 0.5) is 0 Å². The first-order valence-corrected chi connectivity index (χ1v) is 11.1. The van der Waals surface area contributed by atoms with Gasteiger partial charge in [0, 0.05) is 12.1 Å². The van der Waals surface area contributed by atoms with Crippen LogP contribution in [0.1, 0.15) is 48.0 Å². The molecule has 1 atom stereocenters. The maximum atomic E-state index is 13.2. The van der Waals surface area contributed by atoms with Crippen molar-refractivity contribution in [1.82, 2.24) is 4.90 Å². The summed E-state index contributed by atoms with van der Waals surface area (Å²) in [5.74, 6) is 0.965. The summed E-state index contributed by atoms with van der Waals surface area (Å²) in [6.07, 6.45) is 4.82. The molecular formula is C25H33N3O3. The first-order valence-electron chi connectivity index (χ1n) is 11.1. The Labute approximate surface area is 185 Å². The van der Waals surface area contributed by atoms with Crippen molar-refractivity contribution in [3.05, 3.63) is 65.7 Å². The van der Waals surface area contributed by atoms with Gasteiger partial charge >= 0.3 is 0 Å². The summed E-state index contributed by atoms with van der Waals surface area (Å²) in [5, 5.41) is 4.32. The van der Waals surface area contributed by atoms with E-state index in [4.69, 9.17) is 15.3 Å². The third-order valence-electron chi connectivity index (χ3n) is 5.64. The smallest absolute Gasteiger partial charge is 0.179 e. The van der Waals surface area contributed by atoms with E-state index >= 15 is 0 Å². The van der Waals surface area contributed by atoms with Crippen molar-refractivity contribution in [2.75, 3.05) is 33.4 Å². The minimum Gasteiger partial charge on any atom is -0.497 e. The van der Waals surface area contributed by atoms with E-state index in [1.54, 1.807) is 7.11 Å². The fraction of sp³-hybridized carbons (Fsp3) is 0.440. The Morgan fingerprint density at radius 3 is 2.58 bits per heavy atom. The Morgan fingerprint density at radius 2 is 1.87 bits per heavy atom. The van der Waals surface area contributed by atoms with Crippen molar-refractivity contribution in [3.8, 4) is 5.75 Å². The molecule has 0 amide bonds. The lowest BCUT2D eigenvalue weighted by atomic mass is 9.94. The quantitative estimate of drug-likeness (QED) is 0.257. The monoisotopic (exact) mass is 423 g/mol. The molecule has 0 saturated carbocycles. The highest BCUT2D eigenvalue weighted by atomic mass is 16.6. The van der Waals surface area contributed by atoms with Gasteiger partial charge in [-0.1, -0.05) is 41.9 Å². The van der Waals surface area contributed by atoms with E-state index in [0.717, 1.165) is 67.8 Å². The van der Waals surface area contributed by atoms with Crippen LogP contribution in [0.15, 0.2) is 59.8 Å². The Bertz CT molecular complexity index is 837. The zero-order chi connectivity index (χ0) is 21.9. The molecule has 0 radical (unpaired) electrons. The number of methoxy groups -OCH3 is 1. The average molecular weight is 424 g/mol. The van der Waals surface area contributed by atoms with Gasteiger partial charge in [-0.25, -0.2) is 0 Å². The van der Waals surface area contributed by atoms with Crippen molar-refractivity contribution >= 4 is 11.5 Å². The number of carbonyl (C=O) groups is 1. The minimum atomic E-state index is -0.0623.